The highest BCUT2D eigenvalue weighted by atomic mass is 19.1. The lowest BCUT2D eigenvalue weighted by molar-refractivity contribution is -0.147. The average Bonchev–Trinajstić information content (AvgIpc) is 2.51. The van der Waals surface area contributed by atoms with Gasteiger partial charge in [0.2, 0.25) is 11.8 Å². The van der Waals surface area contributed by atoms with Crippen molar-refractivity contribution in [2.24, 2.45) is 0 Å². The molecule has 0 fully saturated rings. The number of aryl methyl sites for hydroxylation is 1. The number of nitrogens with one attached hydrogen (secondary N) is 2. The number of carbonyl (C=O) groups is 3. The smallest absolute Gasteiger partial charge is 0.328 e. The molecule has 0 aliphatic heterocycles. The van der Waals surface area contributed by atoms with Crippen LogP contribution in [0.15, 0.2) is 18.2 Å². The van der Waals surface area contributed by atoms with Crippen molar-refractivity contribution in [1.29, 1.82) is 0 Å². The van der Waals surface area contributed by atoms with Crippen LogP contribution in [0.4, 0.5) is 10.1 Å². The maximum Gasteiger partial charge on any atom is 0.328 e. The molecule has 132 valence electrons. The first kappa shape index (κ1) is 19.6. The molecule has 2 N–H and O–H groups in total. The summed E-state index contributed by atoms with van der Waals surface area (Å²) in [6, 6.07) is 3.50. The van der Waals surface area contributed by atoms with Gasteiger partial charge in [-0.25, -0.2) is 9.18 Å². The Hall–Kier alpha value is -2.48. The van der Waals surface area contributed by atoms with E-state index >= 15 is 0 Å². The maximum atomic E-state index is 13.5. The Morgan fingerprint density at radius 1 is 1.21 bits per heavy atom. The molecule has 24 heavy (non-hydrogen) atoms. The zero-order valence-corrected chi connectivity index (χ0v) is 13.8. The Morgan fingerprint density at radius 2 is 1.88 bits per heavy atom. The van der Waals surface area contributed by atoms with Gasteiger partial charge in [0, 0.05) is 0 Å². The summed E-state index contributed by atoms with van der Waals surface area (Å²) in [5.41, 5.74) is 0.837. The first-order valence-corrected chi connectivity index (χ1v) is 7.43. The van der Waals surface area contributed by atoms with E-state index < -0.39 is 42.9 Å². The summed E-state index contributed by atoms with van der Waals surface area (Å²) in [6.45, 7) is 4.28. The monoisotopic (exact) mass is 340 g/mol. The molecule has 0 radical (unpaired) electrons. The van der Waals surface area contributed by atoms with Gasteiger partial charge in [0.25, 0.3) is 0 Å². The summed E-state index contributed by atoms with van der Waals surface area (Å²) < 4.78 is 23.2. The maximum absolute atomic E-state index is 13.5. The molecule has 1 atom stereocenters. The van der Waals surface area contributed by atoms with Gasteiger partial charge in [0.05, 0.1) is 12.3 Å². The van der Waals surface area contributed by atoms with Crippen LogP contribution in [-0.2, 0) is 23.9 Å². The van der Waals surface area contributed by atoms with Crippen molar-refractivity contribution in [2.45, 2.75) is 26.8 Å². The Labute approximate surface area is 139 Å². The van der Waals surface area contributed by atoms with E-state index in [1.165, 1.54) is 19.1 Å². The van der Waals surface area contributed by atoms with E-state index in [0.29, 0.717) is 0 Å². The number of carbonyl (C=O) groups excluding carboxylic acids is 3. The molecule has 8 heteroatoms. The molecule has 0 heterocycles. The van der Waals surface area contributed by atoms with E-state index in [4.69, 9.17) is 9.47 Å². The lowest BCUT2D eigenvalue weighted by Crippen LogP contribution is -2.41. The fourth-order valence-corrected chi connectivity index (χ4v) is 1.77. The average molecular weight is 340 g/mol. The third-order valence-electron chi connectivity index (χ3n) is 2.88. The molecule has 0 saturated carbocycles. The van der Waals surface area contributed by atoms with Crippen molar-refractivity contribution in [3.8, 4) is 0 Å². The van der Waals surface area contributed by atoms with E-state index in [1.54, 1.807) is 19.9 Å². The van der Waals surface area contributed by atoms with Crippen LogP contribution in [0.2, 0.25) is 0 Å². The summed E-state index contributed by atoms with van der Waals surface area (Å²) in [7, 11) is 0. The number of esters is 1. The van der Waals surface area contributed by atoms with Gasteiger partial charge in [-0.2, -0.15) is 0 Å². The predicted octanol–water partition coefficient (Wildman–Crippen LogP) is 1.16. The van der Waals surface area contributed by atoms with Gasteiger partial charge in [0.1, 0.15) is 25.1 Å². The van der Waals surface area contributed by atoms with Crippen LogP contribution in [0.5, 0.6) is 0 Å². The number of hydrogen-bond acceptors (Lipinski definition) is 5. The second-order valence-electron chi connectivity index (χ2n) is 5.07. The molecule has 1 rings (SSSR count). The molecule has 2 amide bonds. The Bertz CT molecular complexity index is 606. The number of benzene rings is 1. The van der Waals surface area contributed by atoms with Gasteiger partial charge in [-0.1, -0.05) is 6.07 Å². The number of anilines is 1. The van der Waals surface area contributed by atoms with E-state index in [0.717, 1.165) is 5.56 Å². The summed E-state index contributed by atoms with van der Waals surface area (Å²) in [5.74, 6) is -2.27. The van der Waals surface area contributed by atoms with Gasteiger partial charge in [0.15, 0.2) is 0 Å². The number of halogens is 1. The highest BCUT2D eigenvalue weighted by molar-refractivity contribution is 5.92. The number of ether oxygens (including phenoxy) is 2. The van der Waals surface area contributed by atoms with Crippen molar-refractivity contribution >= 4 is 23.5 Å². The summed E-state index contributed by atoms with van der Waals surface area (Å²) in [5, 5.41) is 4.73. The van der Waals surface area contributed by atoms with Crippen LogP contribution < -0.4 is 10.6 Å². The number of rotatable bonds is 8. The third kappa shape index (κ3) is 6.74. The van der Waals surface area contributed by atoms with Crippen LogP contribution in [0.3, 0.4) is 0 Å². The molecule has 0 spiro atoms. The highest BCUT2D eigenvalue weighted by Gasteiger charge is 2.16. The Morgan fingerprint density at radius 3 is 2.54 bits per heavy atom. The lowest BCUT2D eigenvalue weighted by Gasteiger charge is -2.12. The largest absolute Gasteiger partial charge is 0.464 e. The molecular weight excluding hydrogens is 319 g/mol. The zero-order chi connectivity index (χ0) is 18.1. The molecule has 0 aliphatic carbocycles. The predicted molar refractivity (Wildman–Crippen MR) is 84.8 cm³/mol. The third-order valence-corrected chi connectivity index (χ3v) is 2.88. The Balaban J connectivity index is 2.33. The molecule has 1 aromatic carbocycles. The van der Waals surface area contributed by atoms with Gasteiger partial charge < -0.3 is 20.1 Å². The molecule has 7 nitrogen and oxygen atoms in total. The molecular formula is C16H21FN2O5. The molecule has 1 aromatic rings. The van der Waals surface area contributed by atoms with Crippen LogP contribution >= 0.6 is 0 Å². The van der Waals surface area contributed by atoms with Crippen molar-refractivity contribution < 1.29 is 28.2 Å². The first-order valence-electron chi connectivity index (χ1n) is 7.43. The summed E-state index contributed by atoms with van der Waals surface area (Å²) in [6.07, 6.45) is 0. The first-order chi connectivity index (χ1) is 11.3. The summed E-state index contributed by atoms with van der Waals surface area (Å²) >= 11 is 0. The van der Waals surface area contributed by atoms with Gasteiger partial charge in [-0.15, -0.1) is 0 Å². The van der Waals surface area contributed by atoms with Crippen LogP contribution in [0.1, 0.15) is 19.4 Å². The van der Waals surface area contributed by atoms with E-state index in [1.807, 2.05) is 0 Å². The van der Waals surface area contributed by atoms with Crippen LogP contribution in [0, 0.1) is 12.7 Å². The lowest BCUT2D eigenvalue weighted by atomic mass is 10.2. The minimum absolute atomic E-state index is 0.0454. The van der Waals surface area contributed by atoms with Gasteiger partial charge in [-0.3, -0.25) is 9.59 Å². The van der Waals surface area contributed by atoms with Gasteiger partial charge in [-0.05, 0) is 38.5 Å². The molecule has 0 saturated heterocycles. The highest BCUT2D eigenvalue weighted by Crippen LogP contribution is 2.15. The molecule has 0 unspecified atom stereocenters. The van der Waals surface area contributed by atoms with Crippen LogP contribution in [0.25, 0.3) is 0 Å². The fourth-order valence-electron chi connectivity index (χ4n) is 1.77. The topological polar surface area (TPSA) is 93.7 Å². The molecule has 0 aromatic heterocycles. The SMILES string of the molecule is CCOC(=O)[C@H](C)NC(=O)COCC(=O)Nc1cc(C)ccc1F. The van der Waals surface area contributed by atoms with Crippen LogP contribution in [-0.4, -0.2) is 43.6 Å². The van der Waals surface area contributed by atoms with Gasteiger partial charge >= 0.3 is 5.97 Å². The normalized spacial score (nSPS) is 11.5. The second-order valence-corrected chi connectivity index (χ2v) is 5.07. The van der Waals surface area contributed by atoms with E-state index in [-0.39, 0.29) is 12.3 Å². The quantitative estimate of drug-likeness (QED) is 0.693. The molecule has 0 aliphatic rings. The minimum Gasteiger partial charge on any atom is -0.464 e. The zero-order valence-electron chi connectivity index (χ0n) is 13.8. The molecule has 0 bridgehead atoms. The fraction of sp³-hybridized carbons (Fsp3) is 0.438. The summed E-state index contributed by atoms with van der Waals surface area (Å²) in [4.78, 5) is 34.6. The van der Waals surface area contributed by atoms with Crippen molar-refractivity contribution in [3.63, 3.8) is 0 Å². The number of hydrogen-bond donors (Lipinski definition) is 2. The number of amides is 2. The van der Waals surface area contributed by atoms with E-state index in [9.17, 15) is 18.8 Å². The van der Waals surface area contributed by atoms with Crippen molar-refractivity contribution in [1.82, 2.24) is 5.32 Å². The second kappa shape index (κ2) is 9.61. The standard InChI is InChI=1S/C16H21FN2O5/c1-4-24-16(22)11(3)18-14(20)8-23-9-15(21)19-13-7-10(2)5-6-12(13)17/h5-7,11H,4,8-9H2,1-3H3,(H,18,20)(H,19,21)/t11-/m0/s1. The minimum atomic E-state index is -0.809. The Kier molecular flexibility index (Phi) is 7.84. The van der Waals surface area contributed by atoms with Crippen molar-refractivity contribution in [2.75, 3.05) is 25.1 Å². The van der Waals surface area contributed by atoms with Crippen molar-refractivity contribution in [3.05, 3.63) is 29.6 Å². The van der Waals surface area contributed by atoms with E-state index in [2.05, 4.69) is 10.6 Å².